The molecule has 15 heteroatoms. The van der Waals surface area contributed by atoms with Gasteiger partial charge in [0.2, 0.25) is 17.7 Å². The molecule has 11 nitrogen and oxygen atoms in total. The van der Waals surface area contributed by atoms with Crippen LogP contribution in [0.1, 0.15) is 69.1 Å². The number of fused-ring (bicyclic) bond motifs is 1. The molecule has 0 radical (unpaired) electrons. The SMILES string of the molecule is CC1(C)OB(O)c2cc(NC(=O)C(CCc3ccc(C(F)(F)F)cc3)NC(=O)C(N)CCC(=O)NC3C[C@@H](N)C[C@@H](N)C3)ccc21. The van der Waals surface area contributed by atoms with Gasteiger partial charge in [0.1, 0.15) is 6.04 Å². The van der Waals surface area contributed by atoms with Gasteiger partial charge in [0.25, 0.3) is 0 Å². The molecule has 0 saturated heterocycles. The molecule has 1 fully saturated rings. The van der Waals surface area contributed by atoms with Crippen molar-refractivity contribution >= 4 is 36.0 Å². The second-order valence-corrected chi connectivity index (χ2v) is 12.7. The first-order chi connectivity index (χ1) is 21.5. The molecule has 1 aliphatic heterocycles. The summed E-state index contributed by atoms with van der Waals surface area (Å²) in [6.45, 7) is 3.61. The van der Waals surface area contributed by atoms with Gasteiger partial charge in [0.15, 0.2) is 0 Å². The Morgan fingerprint density at radius 3 is 2.30 bits per heavy atom. The first-order valence-corrected chi connectivity index (χ1v) is 15.4. The highest BCUT2D eigenvalue weighted by Crippen LogP contribution is 2.31. The van der Waals surface area contributed by atoms with E-state index in [4.69, 9.17) is 21.9 Å². The Labute approximate surface area is 266 Å². The Kier molecular flexibility index (Phi) is 11.2. The van der Waals surface area contributed by atoms with Crippen LogP contribution in [-0.2, 0) is 37.2 Å². The molecule has 46 heavy (non-hydrogen) atoms. The van der Waals surface area contributed by atoms with Crippen LogP contribution in [0.3, 0.4) is 0 Å². The zero-order chi connectivity index (χ0) is 33.8. The molecule has 10 N–H and O–H groups in total. The van der Waals surface area contributed by atoms with Crippen molar-refractivity contribution in [2.75, 3.05) is 5.32 Å². The van der Waals surface area contributed by atoms with Crippen LogP contribution >= 0.6 is 0 Å². The molecule has 4 rings (SSSR count). The zero-order valence-electron chi connectivity index (χ0n) is 25.9. The number of carbonyl (C=O) groups is 3. The Morgan fingerprint density at radius 1 is 1.02 bits per heavy atom. The van der Waals surface area contributed by atoms with Crippen molar-refractivity contribution in [1.29, 1.82) is 0 Å². The summed E-state index contributed by atoms with van der Waals surface area (Å²) in [4.78, 5) is 39.0. The standard InChI is InChI=1S/C31H42BF3N6O5/c1-30(2)23-9-8-21(16-24(23)32(45)46-30)40-29(44)26(11-5-17-3-6-18(7-4-17)31(33,34)35)41-28(43)25(38)10-12-27(42)39-22-14-19(36)13-20(37)15-22/h3-4,6-9,16,19-20,22,25-26,45H,5,10-15,36-38H2,1-2H3,(H,39,42)(H,40,44)(H,41,43)/t19-,20+,22?,25?,26?. The van der Waals surface area contributed by atoms with E-state index in [0.717, 1.165) is 17.7 Å². The number of nitrogens with one attached hydrogen (secondary N) is 3. The summed E-state index contributed by atoms with van der Waals surface area (Å²) in [5.74, 6) is -1.55. The van der Waals surface area contributed by atoms with E-state index in [9.17, 15) is 32.6 Å². The second-order valence-electron chi connectivity index (χ2n) is 12.7. The number of amides is 3. The Morgan fingerprint density at radius 2 is 1.67 bits per heavy atom. The first kappa shape index (κ1) is 35.4. The maximum absolute atomic E-state index is 13.4. The number of nitrogens with two attached hydrogens (primary N) is 3. The predicted octanol–water partition coefficient (Wildman–Crippen LogP) is 1.15. The van der Waals surface area contributed by atoms with Crippen LogP contribution in [0.15, 0.2) is 42.5 Å². The van der Waals surface area contributed by atoms with Crippen molar-refractivity contribution in [3.63, 3.8) is 0 Å². The third kappa shape index (κ3) is 9.29. The summed E-state index contributed by atoms with van der Waals surface area (Å²) in [5, 5.41) is 18.6. The molecule has 2 aliphatic rings. The van der Waals surface area contributed by atoms with Crippen LogP contribution in [0.2, 0.25) is 0 Å². The number of rotatable bonds is 11. The monoisotopic (exact) mass is 646 g/mol. The molecule has 0 aromatic heterocycles. The summed E-state index contributed by atoms with van der Waals surface area (Å²) in [5.41, 5.74) is 18.7. The minimum atomic E-state index is -4.48. The molecular weight excluding hydrogens is 604 g/mol. The van der Waals surface area contributed by atoms with E-state index in [1.807, 2.05) is 0 Å². The average Bonchev–Trinajstić information content (AvgIpc) is 3.19. The molecule has 0 bridgehead atoms. The molecule has 3 unspecified atom stereocenters. The number of carbonyl (C=O) groups excluding carboxylic acids is 3. The fourth-order valence-electron chi connectivity index (χ4n) is 5.99. The first-order valence-electron chi connectivity index (χ1n) is 15.4. The lowest BCUT2D eigenvalue weighted by Gasteiger charge is -2.31. The van der Waals surface area contributed by atoms with E-state index in [0.29, 0.717) is 36.0 Å². The fourth-order valence-corrected chi connectivity index (χ4v) is 5.99. The van der Waals surface area contributed by atoms with E-state index in [1.165, 1.54) is 12.1 Å². The Bertz CT molecular complexity index is 1400. The molecule has 1 aliphatic carbocycles. The van der Waals surface area contributed by atoms with Crippen LogP contribution < -0.4 is 38.6 Å². The number of halogens is 3. The molecule has 0 spiro atoms. The Balaban J connectivity index is 1.40. The molecule has 1 heterocycles. The summed E-state index contributed by atoms with van der Waals surface area (Å²) in [6.07, 6.45) is -2.39. The lowest BCUT2D eigenvalue weighted by molar-refractivity contribution is -0.137. The van der Waals surface area contributed by atoms with E-state index < -0.39 is 48.4 Å². The second kappa shape index (κ2) is 14.5. The summed E-state index contributed by atoms with van der Waals surface area (Å²) in [7, 11) is -1.18. The van der Waals surface area contributed by atoms with Crippen molar-refractivity contribution in [3.05, 3.63) is 59.2 Å². The number of anilines is 1. The largest absolute Gasteiger partial charge is 0.492 e. The van der Waals surface area contributed by atoms with Gasteiger partial charge >= 0.3 is 13.3 Å². The maximum atomic E-state index is 13.4. The van der Waals surface area contributed by atoms with Gasteiger partial charge in [-0.05, 0) is 93.2 Å². The van der Waals surface area contributed by atoms with Crippen molar-refractivity contribution < 1.29 is 37.2 Å². The van der Waals surface area contributed by atoms with Crippen molar-refractivity contribution in [1.82, 2.24) is 10.6 Å². The van der Waals surface area contributed by atoms with Crippen LogP contribution in [0.5, 0.6) is 0 Å². The number of benzene rings is 2. The van der Waals surface area contributed by atoms with E-state index in [-0.39, 0.29) is 49.7 Å². The molecule has 250 valence electrons. The van der Waals surface area contributed by atoms with Crippen LogP contribution in [0, 0.1) is 0 Å². The minimum absolute atomic E-state index is 0.00817. The number of alkyl halides is 3. The molecule has 2 aromatic carbocycles. The molecule has 3 amide bonds. The van der Waals surface area contributed by atoms with Gasteiger partial charge in [-0.25, -0.2) is 0 Å². The minimum Gasteiger partial charge on any atom is -0.423 e. The topological polar surface area (TPSA) is 195 Å². The molecular formula is C31H42BF3N6O5. The van der Waals surface area contributed by atoms with Gasteiger partial charge < -0.3 is 42.8 Å². The smallest absolute Gasteiger partial charge is 0.423 e. The van der Waals surface area contributed by atoms with Crippen molar-refractivity contribution in [2.24, 2.45) is 17.2 Å². The van der Waals surface area contributed by atoms with Crippen LogP contribution in [-0.4, -0.2) is 60.1 Å². The quantitative estimate of drug-likeness (QED) is 0.177. The van der Waals surface area contributed by atoms with E-state index >= 15 is 0 Å². The lowest BCUT2D eigenvalue weighted by Crippen LogP contribution is -2.51. The number of aryl methyl sites for hydroxylation is 1. The fraction of sp³-hybridized carbons (Fsp3) is 0.516. The summed E-state index contributed by atoms with van der Waals surface area (Å²) in [6, 6.07) is 6.91. The lowest BCUT2D eigenvalue weighted by atomic mass is 9.78. The van der Waals surface area contributed by atoms with Gasteiger partial charge in [-0.15, -0.1) is 0 Å². The van der Waals surface area contributed by atoms with Gasteiger partial charge in [-0.3, -0.25) is 14.4 Å². The molecule has 1 saturated carbocycles. The maximum Gasteiger partial charge on any atom is 0.492 e. The van der Waals surface area contributed by atoms with E-state index in [2.05, 4.69) is 16.0 Å². The van der Waals surface area contributed by atoms with Gasteiger partial charge in [0.05, 0.1) is 17.2 Å². The highest BCUT2D eigenvalue weighted by Gasteiger charge is 2.40. The van der Waals surface area contributed by atoms with Crippen molar-refractivity contribution in [2.45, 2.75) is 101 Å². The number of hydrogen-bond donors (Lipinski definition) is 7. The number of hydrogen-bond acceptors (Lipinski definition) is 8. The van der Waals surface area contributed by atoms with Gasteiger partial charge in [0, 0.05) is 30.2 Å². The Hall–Kier alpha value is -3.50. The molecule has 5 atom stereocenters. The van der Waals surface area contributed by atoms with E-state index in [1.54, 1.807) is 32.0 Å². The average molecular weight is 647 g/mol. The third-order valence-electron chi connectivity index (χ3n) is 8.44. The van der Waals surface area contributed by atoms with Crippen molar-refractivity contribution in [3.8, 4) is 0 Å². The normalized spacial score (nSPS) is 22.0. The highest BCUT2D eigenvalue weighted by molar-refractivity contribution is 6.62. The predicted molar refractivity (Wildman–Crippen MR) is 167 cm³/mol. The van der Waals surface area contributed by atoms with Crippen LogP contribution in [0.4, 0.5) is 18.9 Å². The molecule has 2 aromatic rings. The summed E-state index contributed by atoms with van der Waals surface area (Å²) < 4.78 is 44.6. The highest BCUT2D eigenvalue weighted by atomic mass is 19.4. The third-order valence-corrected chi connectivity index (χ3v) is 8.44. The van der Waals surface area contributed by atoms with Gasteiger partial charge in [-0.1, -0.05) is 18.2 Å². The van der Waals surface area contributed by atoms with Crippen LogP contribution in [0.25, 0.3) is 0 Å². The summed E-state index contributed by atoms with van der Waals surface area (Å²) >= 11 is 0. The van der Waals surface area contributed by atoms with Gasteiger partial charge in [-0.2, -0.15) is 13.2 Å². The zero-order valence-corrected chi connectivity index (χ0v) is 25.9.